The number of ether oxygens (including phenoxy) is 2. The number of nitrogens with one attached hydrogen (secondary N) is 2. The number of hydrogen-bond acceptors (Lipinski definition) is 4. The van der Waals surface area contributed by atoms with Crippen LogP contribution in [0.4, 0.5) is 11.4 Å². The molecule has 1 atom stereocenters. The Morgan fingerprint density at radius 1 is 1.00 bits per heavy atom. The molecule has 3 aromatic carbocycles. The van der Waals surface area contributed by atoms with E-state index in [1.165, 1.54) is 0 Å². The second-order valence-electron chi connectivity index (χ2n) is 7.12. The number of anilines is 2. The topological polar surface area (TPSA) is 76.7 Å². The minimum absolute atomic E-state index is 0.272. The average Bonchev–Trinajstić information content (AvgIpc) is 2.78. The lowest BCUT2D eigenvalue weighted by molar-refractivity contribution is -0.122. The quantitative estimate of drug-likeness (QED) is 0.459. The highest BCUT2D eigenvalue weighted by atomic mass is 35.5. The van der Waals surface area contributed by atoms with E-state index < -0.39 is 6.10 Å². The Morgan fingerprint density at radius 2 is 1.72 bits per heavy atom. The van der Waals surface area contributed by atoms with Crippen LogP contribution in [0.2, 0.25) is 5.02 Å². The molecule has 0 bridgehead atoms. The van der Waals surface area contributed by atoms with Crippen molar-refractivity contribution in [2.24, 2.45) is 0 Å². The third kappa shape index (κ3) is 6.02. The molecule has 32 heavy (non-hydrogen) atoms. The first kappa shape index (κ1) is 23.2. The number of hydrogen-bond donors (Lipinski definition) is 2. The Hall–Kier alpha value is -3.51. The molecule has 3 rings (SSSR count). The van der Waals surface area contributed by atoms with Crippen LogP contribution in [0.25, 0.3) is 0 Å². The van der Waals surface area contributed by atoms with Crippen molar-refractivity contribution in [1.29, 1.82) is 0 Å². The molecule has 3 aromatic rings. The normalized spacial score (nSPS) is 11.4. The number of benzene rings is 3. The number of rotatable bonds is 8. The molecule has 0 spiro atoms. The fourth-order valence-corrected chi connectivity index (χ4v) is 3.08. The highest BCUT2D eigenvalue weighted by molar-refractivity contribution is 6.31. The Morgan fingerprint density at radius 3 is 2.41 bits per heavy atom. The first-order valence-corrected chi connectivity index (χ1v) is 10.6. The van der Waals surface area contributed by atoms with Gasteiger partial charge in [0.15, 0.2) is 6.10 Å². The van der Waals surface area contributed by atoms with E-state index in [-0.39, 0.29) is 11.8 Å². The first-order chi connectivity index (χ1) is 15.4. The monoisotopic (exact) mass is 452 g/mol. The van der Waals surface area contributed by atoms with Crippen molar-refractivity contribution in [3.05, 3.63) is 82.9 Å². The van der Waals surface area contributed by atoms with Gasteiger partial charge < -0.3 is 20.1 Å². The molecule has 6 nitrogen and oxygen atoms in total. The second kappa shape index (κ2) is 10.7. The zero-order valence-corrected chi connectivity index (χ0v) is 18.9. The lowest BCUT2D eigenvalue weighted by Crippen LogP contribution is -2.30. The maximum atomic E-state index is 12.6. The summed E-state index contributed by atoms with van der Waals surface area (Å²) >= 11 is 6.10. The van der Waals surface area contributed by atoms with Crippen LogP contribution in [-0.4, -0.2) is 24.5 Å². The van der Waals surface area contributed by atoms with E-state index >= 15 is 0 Å². The molecule has 0 heterocycles. The van der Waals surface area contributed by atoms with Crippen molar-refractivity contribution in [2.75, 3.05) is 17.2 Å². The average molecular weight is 453 g/mol. The van der Waals surface area contributed by atoms with Gasteiger partial charge in [0.2, 0.25) is 0 Å². The van der Waals surface area contributed by atoms with E-state index in [1.54, 1.807) is 55.5 Å². The summed E-state index contributed by atoms with van der Waals surface area (Å²) in [5.41, 5.74) is 2.58. The molecule has 0 saturated carbocycles. The van der Waals surface area contributed by atoms with Crippen LogP contribution in [0.5, 0.6) is 11.5 Å². The zero-order valence-electron chi connectivity index (χ0n) is 18.1. The molecule has 7 heteroatoms. The summed E-state index contributed by atoms with van der Waals surface area (Å²) in [6.45, 7) is 5.92. The van der Waals surface area contributed by atoms with Crippen molar-refractivity contribution in [2.45, 2.75) is 26.9 Å². The molecule has 2 N–H and O–H groups in total. The maximum Gasteiger partial charge on any atom is 0.265 e. The predicted octanol–water partition coefficient (Wildman–Crippen LogP) is 5.71. The van der Waals surface area contributed by atoms with Crippen LogP contribution in [0.15, 0.2) is 66.7 Å². The lowest BCUT2D eigenvalue weighted by Gasteiger charge is -2.15. The number of carbonyl (C=O) groups excluding carboxylic acids is 2. The largest absolute Gasteiger partial charge is 0.492 e. The number of para-hydroxylation sites is 2. The van der Waals surface area contributed by atoms with Crippen LogP contribution >= 0.6 is 11.6 Å². The van der Waals surface area contributed by atoms with Gasteiger partial charge in [-0.3, -0.25) is 9.59 Å². The van der Waals surface area contributed by atoms with Crippen LogP contribution in [-0.2, 0) is 4.79 Å². The van der Waals surface area contributed by atoms with E-state index in [1.807, 2.05) is 32.0 Å². The second-order valence-corrected chi connectivity index (χ2v) is 7.53. The van der Waals surface area contributed by atoms with E-state index in [0.29, 0.717) is 40.1 Å². The van der Waals surface area contributed by atoms with Crippen molar-refractivity contribution in [1.82, 2.24) is 0 Å². The van der Waals surface area contributed by atoms with E-state index in [4.69, 9.17) is 21.1 Å². The SMILES string of the molecule is CCOc1ccccc1NC(=O)c1ccc(OC(C)C(=O)Nc2ccc(C)c(Cl)c2)cc1. The lowest BCUT2D eigenvalue weighted by atomic mass is 10.2. The zero-order chi connectivity index (χ0) is 23.1. The van der Waals surface area contributed by atoms with Gasteiger partial charge in [-0.25, -0.2) is 0 Å². The Kier molecular flexibility index (Phi) is 7.73. The van der Waals surface area contributed by atoms with E-state index in [2.05, 4.69) is 10.6 Å². The van der Waals surface area contributed by atoms with Crippen LogP contribution in [0, 0.1) is 6.92 Å². The van der Waals surface area contributed by atoms with Crippen molar-refractivity contribution in [3.8, 4) is 11.5 Å². The molecule has 166 valence electrons. The summed E-state index contributed by atoms with van der Waals surface area (Å²) in [6, 6.07) is 19.1. The van der Waals surface area contributed by atoms with Gasteiger partial charge in [0, 0.05) is 16.3 Å². The molecule has 0 aromatic heterocycles. The third-order valence-corrected chi connectivity index (χ3v) is 5.08. The van der Waals surface area contributed by atoms with Crippen molar-refractivity contribution in [3.63, 3.8) is 0 Å². The van der Waals surface area contributed by atoms with Gasteiger partial charge in [-0.15, -0.1) is 0 Å². The number of amides is 2. The summed E-state index contributed by atoms with van der Waals surface area (Å²) in [6.07, 6.45) is -0.743. The molecule has 1 unspecified atom stereocenters. The minimum Gasteiger partial charge on any atom is -0.492 e. The Labute approximate surface area is 192 Å². The standard InChI is InChI=1S/C25H25ClN2O4/c1-4-31-23-8-6-5-7-22(23)28-25(30)18-10-13-20(14-11-18)32-17(3)24(29)27-19-12-9-16(2)21(26)15-19/h5-15,17H,4H2,1-3H3,(H,27,29)(H,28,30). The van der Waals surface area contributed by atoms with Crippen LogP contribution in [0.3, 0.4) is 0 Å². The Bertz CT molecular complexity index is 1100. The number of aryl methyl sites for hydroxylation is 1. The Balaban J connectivity index is 1.59. The van der Waals surface area contributed by atoms with Crippen LogP contribution < -0.4 is 20.1 Å². The van der Waals surface area contributed by atoms with Gasteiger partial charge >= 0.3 is 0 Å². The molecule has 0 aliphatic heterocycles. The van der Waals surface area contributed by atoms with Gasteiger partial charge in [-0.2, -0.15) is 0 Å². The molecule has 0 aliphatic rings. The van der Waals surface area contributed by atoms with Gasteiger partial charge in [-0.1, -0.05) is 29.8 Å². The fourth-order valence-electron chi connectivity index (χ4n) is 2.90. The maximum absolute atomic E-state index is 12.6. The molecule has 0 saturated heterocycles. The van der Waals surface area contributed by atoms with E-state index in [9.17, 15) is 9.59 Å². The molecule has 0 fully saturated rings. The molecule has 0 aliphatic carbocycles. The third-order valence-electron chi connectivity index (χ3n) is 4.67. The van der Waals surface area contributed by atoms with Crippen molar-refractivity contribution >= 4 is 34.8 Å². The summed E-state index contributed by atoms with van der Waals surface area (Å²) < 4.78 is 11.2. The highest BCUT2D eigenvalue weighted by Crippen LogP contribution is 2.25. The van der Waals surface area contributed by atoms with Crippen molar-refractivity contribution < 1.29 is 19.1 Å². The summed E-state index contributed by atoms with van der Waals surface area (Å²) in [4.78, 5) is 25.0. The van der Waals surface area contributed by atoms with Gasteiger partial charge in [0.1, 0.15) is 11.5 Å². The first-order valence-electron chi connectivity index (χ1n) is 10.2. The minimum atomic E-state index is -0.743. The smallest absolute Gasteiger partial charge is 0.265 e. The van der Waals surface area contributed by atoms with Gasteiger partial charge in [-0.05, 0) is 74.9 Å². The predicted molar refractivity (Wildman–Crippen MR) is 127 cm³/mol. The molecular weight excluding hydrogens is 428 g/mol. The molecular formula is C25H25ClN2O4. The van der Waals surface area contributed by atoms with Gasteiger partial charge in [0.05, 0.1) is 12.3 Å². The summed E-state index contributed by atoms with van der Waals surface area (Å²) in [5, 5.41) is 6.20. The molecule has 0 radical (unpaired) electrons. The summed E-state index contributed by atoms with van der Waals surface area (Å²) in [7, 11) is 0. The molecule has 2 amide bonds. The van der Waals surface area contributed by atoms with E-state index in [0.717, 1.165) is 5.56 Å². The van der Waals surface area contributed by atoms with Crippen LogP contribution in [0.1, 0.15) is 29.8 Å². The fraction of sp³-hybridized carbons (Fsp3) is 0.200. The number of carbonyl (C=O) groups is 2. The van der Waals surface area contributed by atoms with Gasteiger partial charge in [0.25, 0.3) is 11.8 Å². The number of halogens is 1. The highest BCUT2D eigenvalue weighted by Gasteiger charge is 2.16. The summed E-state index contributed by atoms with van der Waals surface area (Å²) in [5.74, 6) is 0.504.